The summed E-state index contributed by atoms with van der Waals surface area (Å²) in [4.78, 5) is 4.71. The molecule has 1 aromatic heterocycles. The minimum Gasteiger partial charge on any atom is -0.331 e. The van der Waals surface area contributed by atoms with E-state index in [1.807, 2.05) is 36.7 Å². The van der Waals surface area contributed by atoms with E-state index in [2.05, 4.69) is 4.98 Å². The molecule has 0 unspecified atom stereocenters. The van der Waals surface area contributed by atoms with Gasteiger partial charge in [-0.3, -0.25) is 0 Å². The number of sulfone groups is 1. The van der Waals surface area contributed by atoms with Crippen LogP contribution in [0.3, 0.4) is 0 Å². The minimum atomic E-state index is -3.46. The van der Waals surface area contributed by atoms with Crippen molar-refractivity contribution >= 4 is 32.5 Å². The average Bonchev–Trinajstić information content (AvgIpc) is 2.77. The number of fused-ring (bicyclic) bond motifs is 1. The van der Waals surface area contributed by atoms with Gasteiger partial charge in [-0.1, -0.05) is 23.7 Å². The van der Waals surface area contributed by atoms with Crippen molar-refractivity contribution in [3.8, 4) is 0 Å². The number of aromatic nitrogens is 2. The molecule has 0 saturated carbocycles. The third-order valence-electron chi connectivity index (χ3n) is 4.08. The van der Waals surface area contributed by atoms with E-state index in [0.717, 1.165) is 22.4 Å². The minimum absolute atomic E-state index is 0.0612. The van der Waals surface area contributed by atoms with Crippen LogP contribution in [0.2, 0.25) is 5.02 Å². The summed E-state index contributed by atoms with van der Waals surface area (Å²) in [5.74, 6) is 0.833. The van der Waals surface area contributed by atoms with E-state index >= 15 is 0 Å². The molecule has 0 atom stereocenters. The Morgan fingerprint density at radius 2 is 1.91 bits per heavy atom. The summed E-state index contributed by atoms with van der Waals surface area (Å²) in [6.07, 6.45) is 0. The fourth-order valence-corrected chi connectivity index (χ4v) is 4.53. The molecule has 0 radical (unpaired) electrons. The van der Waals surface area contributed by atoms with Gasteiger partial charge < -0.3 is 4.57 Å². The predicted molar refractivity (Wildman–Crippen MR) is 92.5 cm³/mol. The average molecular weight is 349 g/mol. The summed E-state index contributed by atoms with van der Waals surface area (Å²) in [7, 11) is -1.53. The van der Waals surface area contributed by atoms with Crippen LogP contribution in [0.25, 0.3) is 11.0 Å². The van der Waals surface area contributed by atoms with Crippen LogP contribution in [0.5, 0.6) is 0 Å². The van der Waals surface area contributed by atoms with Gasteiger partial charge in [-0.25, -0.2) is 13.4 Å². The van der Waals surface area contributed by atoms with Crippen molar-refractivity contribution in [2.75, 3.05) is 0 Å². The molecule has 0 N–H and O–H groups in total. The fourth-order valence-electron chi connectivity index (χ4n) is 2.67. The molecule has 6 heteroatoms. The zero-order chi connectivity index (χ0) is 16.8. The van der Waals surface area contributed by atoms with Gasteiger partial charge >= 0.3 is 0 Å². The monoisotopic (exact) mass is 348 g/mol. The van der Waals surface area contributed by atoms with Gasteiger partial charge in [0.05, 0.1) is 21.7 Å². The van der Waals surface area contributed by atoms with Gasteiger partial charge in [0.25, 0.3) is 0 Å². The SMILES string of the molecule is Cc1c(Cl)cccc1S(=O)(=O)Cc1ccc2nc(C)n(C)c2c1. The Labute approximate surface area is 140 Å². The molecule has 3 aromatic rings. The summed E-state index contributed by atoms with van der Waals surface area (Å²) in [5, 5.41) is 0.462. The highest BCUT2D eigenvalue weighted by Crippen LogP contribution is 2.26. The summed E-state index contributed by atoms with van der Waals surface area (Å²) in [5.41, 5.74) is 3.12. The predicted octanol–water partition coefficient (Wildman–Crippen LogP) is 3.82. The summed E-state index contributed by atoms with van der Waals surface area (Å²) < 4.78 is 27.4. The number of aryl methyl sites for hydroxylation is 2. The molecule has 23 heavy (non-hydrogen) atoms. The third kappa shape index (κ3) is 2.86. The summed E-state index contributed by atoms with van der Waals surface area (Å²) >= 11 is 6.05. The Kier molecular flexibility index (Phi) is 3.94. The second-order valence-corrected chi connectivity index (χ2v) is 8.03. The molecular formula is C17H17ClN2O2S. The first-order valence-electron chi connectivity index (χ1n) is 7.19. The second-order valence-electron chi connectivity index (χ2n) is 5.66. The molecule has 0 amide bonds. The molecule has 0 spiro atoms. The van der Waals surface area contributed by atoms with Gasteiger partial charge in [0.1, 0.15) is 5.82 Å². The van der Waals surface area contributed by atoms with Crippen LogP contribution < -0.4 is 0 Å². The number of hydrogen-bond donors (Lipinski definition) is 0. The van der Waals surface area contributed by atoms with Gasteiger partial charge in [0.15, 0.2) is 9.84 Å². The van der Waals surface area contributed by atoms with Crippen LogP contribution in [0.4, 0.5) is 0 Å². The van der Waals surface area contributed by atoms with Crippen molar-refractivity contribution < 1.29 is 8.42 Å². The van der Waals surface area contributed by atoms with Crippen molar-refractivity contribution in [2.24, 2.45) is 7.05 Å². The molecular weight excluding hydrogens is 332 g/mol. The van der Waals surface area contributed by atoms with E-state index in [0.29, 0.717) is 10.6 Å². The lowest BCUT2D eigenvalue weighted by atomic mass is 10.2. The van der Waals surface area contributed by atoms with Crippen LogP contribution in [-0.2, 0) is 22.6 Å². The van der Waals surface area contributed by atoms with E-state index in [9.17, 15) is 8.42 Å². The van der Waals surface area contributed by atoms with E-state index < -0.39 is 9.84 Å². The third-order valence-corrected chi connectivity index (χ3v) is 6.31. The quantitative estimate of drug-likeness (QED) is 0.723. The maximum absolute atomic E-state index is 12.7. The Bertz CT molecular complexity index is 1010. The smallest absolute Gasteiger partial charge is 0.182 e. The topological polar surface area (TPSA) is 52.0 Å². The number of benzene rings is 2. The van der Waals surface area contributed by atoms with Crippen molar-refractivity contribution in [2.45, 2.75) is 24.5 Å². The molecule has 1 heterocycles. The van der Waals surface area contributed by atoms with Crippen LogP contribution in [0.1, 0.15) is 17.0 Å². The maximum Gasteiger partial charge on any atom is 0.182 e. The highest BCUT2D eigenvalue weighted by atomic mass is 35.5. The number of halogens is 1. The molecule has 120 valence electrons. The van der Waals surface area contributed by atoms with E-state index in [1.54, 1.807) is 25.1 Å². The number of nitrogens with zero attached hydrogens (tertiary/aromatic N) is 2. The summed E-state index contributed by atoms with van der Waals surface area (Å²) in [6, 6.07) is 10.5. The lowest BCUT2D eigenvalue weighted by Gasteiger charge is -2.09. The Hall–Kier alpha value is -1.85. The first-order chi connectivity index (χ1) is 10.8. The molecule has 3 rings (SSSR count). The number of hydrogen-bond acceptors (Lipinski definition) is 3. The highest BCUT2D eigenvalue weighted by Gasteiger charge is 2.19. The Morgan fingerprint density at radius 1 is 1.17 bits per heavy atom. The van der Waals surface area contributed by atoms with Crippen molar-refractivity contribution in [1.82, 2.24) is 9.55 Å². The molecule has 2 aromatic carbocycles. The van der Waals surface area contributed by atoms with Crippen molar-refractivity contribution in [3.05, 3.63) is 58.4 Å². The van der Waals surface area contributed by atoms with Gasteiger partial charge in [-0.05, 0) is 49.2 Å². The van der Waals surface area contributed by atoms with Crippen LogP contribution in [0, 0.1) is 13.8 Å². The zero-order valence-electron chi connectivity index (χ0n) is 13.2. The van der Waals surface area contributed by atoms with Gasteiger partial charge in [0, 0.05) is 12.1 Å². The molecule has 0 aliphatic heterocycles. The Balaban J connectivity index is 2.03. The molecule has 0 aliphatic rings. The first kappa shape index (κ1) is 16.0. The van der Waals surface area contributed by atoms with E-state index in [4.69, 9.17) is 11.6 Å². The lowest BCUT2D eigenvalue weighted by Crippen LogP contribution is -2.07. The lowest BCUT2D eigenvalue weighted by molar-refractivity contribution is 0.594. The first-order valence-corrected chi connectivity index (χ1v) is 9.22. The van der Waals surface area contributed by atoms with Crippen molar-refractivity contribution in [3.63, 3.8) is 0 Å². The fraction of sp³-hybridized carbons (Fsp3) is 0.235. The second kappa shape index (κ2) is 5.65. The molecule has 0 aliphatic carbocycles. The highest BCUT2D eigenvalue weighted by molar-refractivity contribution is 7.90. The largest absolute Gasteiger partial charge is 0.331 e. The number of rotatable bonds is 3. The molecule has 0 bridgehead atoms. The van der Waals surface area contributed by atoms with Gasteiger partial charge in [0.2, 0.25) is 0 Å². The van der Waals surface area contributed by atoms with Crippen LogP contribution in [0.15, 0.2) is 41.3 Å². The van der Waals surface area contributed by atoms with Crippen LogP contribution in [-0.4, -0.2) is 18.0 Å². The zero-order valence-corrected chi connectivity index (χ0v) is 14.7. The summed E-state index contributed by atoms with van der Waals surface area (Å²) in [6.45, 7) is 3.65. The van der Waals surface area contributed by atoms with Crippen LogP contribution >= 0.6 is 11.6 Å². The van der Waals surface area contributed by atoms with E-state index in [-0.39, 0.29) is 10.6 Å². The normalized spacial score (nSPS) is 12.0. The van der Waals surface area contributed by atoms with Crippen molar-refractivity contribution in [1.29, 1.82) is 0 Å². The van der Waals surface area contributed by atoms with Gasteiger partial charge in [-0.15, -0.1) is 0 Å². The Morgan fingerprint density at radius 3 is 2.65 bits per heavy atom. The number of imidazole rings is 1. The maximum atomic E-state index is 12.7. The molecule has 0 fully saturated rings. The molecule has 0 saturated heterocycles. The standard InChI is InChI=1S/C17H17ClN2O2S/c1-11-14(18)5-4-6-17(11)23(21,22)10-13-7-8-15-16(9-13)20(3)12(2)19-15/h4-9H,10H2,1-3H3. The van der Waals surface area contributed by atoms with Gasteiger partial charge in [-0.2, -0.15) is 0 Å². The van der Waals surface area contributed by atoms with E-state index in [1.165, 1.54) is 0 Å². The molecule has 4 nitrogen and oxygen atoms in total.